The van der Waals surface area contributed by atoms with E-state index in [1.54, 1.807) is 6.92 Å². The first-order valence-corrected chi connectivity index (χ1v) is 5.57. The topological polar surface area (TPSA) is 62.7 Å². The second-order valence-corrected chi connectivity index (χ2v) is 3.72. The van der Waals surface area contributed by atoms with Gasteiger partial charge in [0, 0.05) is 0 Å². The van der Waals surface area contributed by atoms with Crippen molar-refractivity contribution in [3.8, 4) is 0 Å². The van der Waals surface area contributed by atoms with E-state index in [-0.39, 0.29) is 17.7 Å². The van der Waals surface area contributed by atoms with E-state index in [2.05, 4.69) is 16.1 Å². The van der Waals surface area contributed by atoms with E-state index in [1.807, 2.05) is 0 Å². The van der Waals surface area contributed by atoms with Crippen molar-refractivity contribution < 1.29 is 27.5 Å². The van der Waals surface area contributed by atoms with Crippen LogP contribution in [0.2, 0.25) is 0 Å². The van der Waals surface area contributed by atoms with Gasteiger partial charge in [0.2, 0.25) is 0 Å². The number of hydrogen-bond acceptors (Lipinski definition) is 2. The van der Waals surface area contributed by atoms with E-state index >= 15 is 0 Å². The fourth-order valence-corrected chi connectivity index (χ4v) is 1.42. The minimum absolute atomic E-state index is 0.0281. The van der Waals surface area contributed by atoms with Gasteiger partial charge in [-0.15, -0.1) is 0 Å². The monoisotopic (exact) mass is 284 g/mol. The summed E-state index contributed by atoms with van der Waals surface area (Å²) in [5, 5.41) is 0. The van der Waals surface area contributed by atoms with Gasteiger partial charge in [0.1, 0.15) is 0 Å². The van der Waals surface area contributed by atoms with Gasteiger partial charge in [-0.2, -0.15) is 18.0 Å². The van der Waals surface area contributed by atoms with E-state index in [0.29, 0.717) is 0 Å². The predicted molar refractivity (Wildman–Crippen MR) is 65.7 cm³/mol. The molecule has 1 aromatic carbocycles. The van der Waals surface area contributed by atoms with Crippen LogP contribution in [0, 0.1) is 0 Å². The Morgan fingerprint density at radius 3 is 2.30 bits per heavy atom. The number of carbonyl (C=O) groups excluding carboxylic acids is 1. The van der Waals surface area contributed by atoms with Crippen LogP contribution in [0.25, 0.3) is 11.1 Å². The zero-order valence-corrected chi connectivity index (χ0v) is 10.6. The zero-order chi connectivity index (χ0) is 15.3. The molecule has 0 bridgehead atoms. The molecule has 4 nitrogen and oxygen atoms in total. The molecular weight excluding hydrogens is 273 g/mol. The van der Waals surface area contributed by atoms with Gasteiger partial charge in [-0.25, -0.2) is 4.79 Å². The Morgan fingerprint density at radius 2 is 1.90 bits per heavy atom. The van der Waals surface area contributed by atoms with Crippen molar-refractivity contribution in [2.24, 2.45) is 0 Å². The predicted octanol–water partition coefficient (Wildman–Crippen LogP) is 2.95. The number of ether oxygens (including phenoxy) is 1. The van der Waals surface area contributed by atoms with Crippen LogP contribution in [-0.4, -0.2) is 23.1 Å². The molecule has 0 aliphatic heterocycles. The number of alkyl halides is 3. The Hall–Kier alpha value is -2.40. The Labute approximate surface area is 113 Å². The summed E-state index contributed by atoms with van der Waals surface area (Å²) in [6, 6.07) is 3.96. The minimum Gasteiger partial charge on any atom is -0.457 e. The molecule has 0 atom stereocenters. The molecular formula is C13H11F3N2O2. The van der Waals surface area contributed by atoms with E-state index in [9.17, 15) is 18.0 Å². The summed E-state index contributed by atoms with van der Waals surface area (Å²) in [4.78, 5) is 14.2. The summed E-state index contributed by atoms with van der Waals surface area (Å²) >= 11 is 0. The van der Waals surface area contributed by atoms with E-state index in [1.165, 1.54) is 0 Å². The fraction of sp³-hybridized carbons (Fsp3) is 0.231. The SMILES string of the molecule is C=C(C(=[N+]=[N-])C(=O)OCC)c1ccc(C(F)(F)F)cc1. The van der Waals surface area contributed by atoms with E-state index in [0.717, 1.165) is 24.3 Å². The maximum Gasteiger partial charge on any atom is 0.422 e. The smallest absolute Gasteiger partial charge is 0.422 e. The molecule has 0 radical (unpaired) electrons. The summed E-state index contributed by atoms with van der Waals surface area (Å²) in [6.07, 6.45) is -4.45. The third-order valence-corrected chi connectivity index (χ3v) is 2.42. The van der Waals surface area contributed by atoms with Gasteiger partial charge < -0.3 is 10.3 Å². The van der Waals surface area contributed by atoms with Crippen LogP contribution in [0.3, 0.4) is 0 Å². The fourth-order valence-electron chi connectivity index (χ4n) is 1.42. The lowest BCUT2D eigenvalue weighted by atomic mass is 10.0. The van der Waals surface area contributed by atoms with Crippen molar-refractivity contribution in [1.29, 1.82) is 0 Å². The quantitative estimate of drug-likeness (QED) is 0.369. The van der Waals surface area contributed by atoms with Gasteiger partial charge in [0.05, 0.1) is 17.7 Å². The number of hydrogen-bond donors (Lipinski definition) is 0. The third kappa shape index (κ3) is 3.55. The first kappa shape index (κ1) is 15.7. The summed E-state index contributed by atoms with van der Waals surface area (Å²) in [7, 11) is 0. The number of carbonyl (C=O) groups is 1. The van der Waals surface area contributed by atoms with Crippen LogP contribution in [0.5, 0.6) is 0 Å². The lowest BCUT2D eigenvalue weighted by molar-refractivity contribution is -0.139. The highest BCUT2D eigenvalue weighted by Crippen LogP contribution is 2.30. The van der Waals surface area contributed by atoms with Crippen molar-refractivity contribution in [3.63, 3.8) is 0 Å². The summed E-state index contributed by atoms with van der Waals surface area (Å²) in [5.41, 5.74) is 7.70. The van der Waals surface area contributed by atoms with Crippen LogP contribution in [0.15, 0.2) is 30.8 Å². The second kappa shape index (κ2) is 6.16. The van der Waals surface area contributed by atoms with Crippen LogP contribution in [0.4, 0.5) is 13.2 Å². The molecule has 106 valence electrons. The highest BCUT2D eigenvalue weighted by atomic mass is 19.4. The number of esters is 1. The standard InChI is InChI=1S/C13H11F3N2O2/c1-3-20-12(19)11(18-17)8(2)9-4-6-10(7-5-9)13(14,15)16/h4-7H,2-3H2,1H3. The van der Waals surface area contributed by atoms with Crippen LogP contribution in [-0.2, 0) is 15.7 Å². The largest absolute Gasteiger partial charge is 0.457 e. The number of rotatable bonds is 4. The molecule has 0 fully saturated rings. The molecule has 20 heavy (non-hydrogen) atoms. The normalized spacial score (nSPS) is 10.6. The average Bonchev–Trinajstić information content (AvgIpc) is 2.39. The van der Waals surface area contributed by atoms with E-state index < -0.39 is 23.4 Å². The molecule has 0 saturated carbocycles. The zero-order valence-electron chi connectivity index (χ0n) is 10.6. The first-order chi connectivity index (χ1) is 9.31. The molecule has 0 N–H and O–H groups in total. The van der Waals surface area contributed by atoms with Crippen LogP contribution < -0.4 is 0 Å². The maximum atomic E-state index is 12.4. The number of halogens is 3. The molecule has 0 aliphatic carbocycles. The van der Waals surface area contributed by atoms with Crippen molar-refractivity contribution in [2.45, 2.75) is 13.1 Å². The molecule has 0 aromatic heterocycles. The Balaban J connectivity index is 3.04. The maximum absolute atomic E-state index is 12.4. The average molecular weight is 284 g/mol. The van der Waals surface area contributed by atoms with Gasteiger partial charge in [-0.3, -0.25) is 0 Å². The minimum atomic E-state index is -4.45. The summed E-state index contributed by atoms with van der Waals surface area (Å²) in [6.45, 7) is 5.15. The molecule has 0 heterocycles. The summed E-state index contributed by atoms with van der Waals surface area (Å²) in [5.74, 6) is -0.903. The van der Waals surface area contributed by atoms with Crippen molar-refractivity contribution in [1.82, 2.24) is 0 Å². The highest BCUT2D eigenvalue weighted by Gasteiger charge is 2.31. The lowest BCUT2D eigenvalue weighted by Crippen LogP contribution is -2.19. The first-order valence-electron chi connectivity index (χ1n) is 5.57. The Morgan fingerprint density at radius 1 is 1.35 bits per heavy atom. The van der Waals surface area contributed by atoms with Crippen molar-refractivity contribution >= 4 is 17.3 Å². The molecule has 1 aromatic rings. The van der Waals surface area contributed by atoms with Gasteiger partial charge in [-0.1, -0.05) is 18.7 Å². The molecule has 0 spiro atoms. The molecule has 7 heteroatoms. The van der Waals surface area contributed by atoms with Crippen molar-refractivity contribution in [3.05, 3.63) is 47.5 Å². The van der Waals surface area contributed by atoms with Gasteiger partial charge >= 0.3 is 17.9 Å². The molecule has 0 aliphatic rings. The van der Waals surface area contributed by atoms with Crippen LogP contribution in [0.1, 0.15) is 18.1 Å². The molecule has 1 rings (SSSR count). The Kier molecular flexibility index (Phi) is 4.83. The lowest BCUT2D eigenvalue weighted by Gasteiger charge is -2.07. The van der Waals surface area contributed by atoms with Gasteiger partial charge in [0.25, 0.3) is 0 Å². The molecule has 0 amide bonds. The highest BCUT2D eigenvalue weighted by molar-refractivity contribution is 6.51. The number of benzene rings is 1. The summed E-state index contributed by atoms with van der Waals surface area (Å²) < 4.78 is 41.9. The second-order valence-electron chi connectivity index (χ2n) is 3.72. The Bertz CT molecular complexity index is 570. The third-order valence-electron chi connectivity index (χ3n) is 2.42. The van der Waals surface area contributed by atoms with Gasteiger partial charge in [0.15, 0.2) is 0 Å². The van der Waals surface area contributed by atoms with Crippen LogP contribution >= 0.6 is 0 Å². The van der Waals surface area contributed by atoms with Crippen molar-refractivity contribution in [2.75, 3.05) is 6.61 Å². The molecule has 0 saturated heterocycles. The van der Waals surface area contributed by atoms with Gasteiger partial charge in [-0.05, 0) is 24.6 Å². The van der Waals surface area contributed by atoms with E-state index in [4.69, 9.17) is 5.53 Å². The number of nitrogens with zero attached hydrogens (tertiary/aromatic N) is 2. The molecule has 0 unspecified atom stereocenters.